The van der Waals surface area contributed by atoms with Gasteiger partial charge in [-0.15, -0.1) is 0 Å². The van der Waals surface area contributed by atoms with Gasteiger partial charge in [0.25, 0.3) is 0 Å². The summed E-state index contributed by atoms with van der Waals surface area (Å²) in [5.74, 6) is 0. The molecule has 2 rings (SSSR count). The Morgan fingerprint density at radius 3 is 2.21 bits per heavy atom. The fourth-order valence-corrected chi connectivity index (χ4v) is 3.27. The number of rotatable bonds is 2. The molecule has 1 nitrogen and oxygen atoms in total. The Bertz CT molecular complexity index is 180. The Morgan fingerprint density at radius 2 is 1.57 bits per heavy atom. The first kappa shape index (κ1) is 10.5. The van der Waals surface area contributed by atoms with E-state index >= 15 is 0 Å². The molecule has 0 saturated heterocycles. The number of hydrogen-bond acceptors (Lipinski definition) is 1. The van der Waals surface area contributed by atoms with Gasteiger partial charge < -0.3 is 5.32 Å². The van der Waals surface area contributed by atoms with E-state index in [1.54, 1.807) is 0 Å². The van der Waals surface area contributed by atoms with Gasteiger partial charge in [0, 0.05) is 12.1 Å². The highest BCUT2D eigenvalue weighted by Crippen LogP contribution is 2.35. The molecule has 0 heterocycles. The maximum absolute atomic E-state index is 3.87. The van der Waals surface area contributed by atoms with E-state index in [1.165, 1.54) is 51.4 Å². The minimum absolute atomic E-state index is 0.592. The second kappa shape index (κ2) is 4.22. The predicted molar refractivity (Wildman–Crippen MR) is 61.4 cm³/mol. The van der Waals surface area contributed by atoms with E-state index in [0.717, 1.165) is 12.1 Å². The van der Waals surface area contributed by atoms with Gasteiger partial charge in [0.1, 0.15) is 0 Å². The van der Waals surface area contributed by atoms with Gasteiger partial charge in [0.15, 0.2) is 0 Å². The van der Waals surface area contributed by atoms with Crippen molar-refractivity contribution in [3.8, 4) is 0 Å². The van der Waals surface area contributed by atoms with Crippen LogP contribution in [0.1, 0.15) is 65.2 Å². The Morgan fingerprint density at radius 1 is 0.929 bits per heavy atom. The first-order valence-corrected chi connectivity index (χ1v) is 6.42. The Kier molecular flexibility index (Phi) is 3.16. The highest BCUT2D eigenvalue weighted by atomic mass is 15.0. The zero-order chi connectivity index (χ0) is 10.0. The summed E-state index contributed by atoms with van der Waals surface area (Å²) in [5, 5.41) is 3.87. The summed E-state index contributed by atoms with van der Waals surface area (Å²) in [6.45, 7) is 4.85. The third kappa shape index (κ3) is 2.73. The van der Waals surface area contributed by atoms with E-state index in [2.05, 4.69) is 19.2 Å². The van der Waals surface area contributed by atoms with Gasteiger partial charge >= 0.3 is 0 Å². The van der Waals surface area contributed by atoms with Crippen molar-refractivity contribution in [3.63, 3.8) is 0 Å². The van der Waals surface area contributed by atoms with Crippen LogP contribution in [0.5, 0.6) is 0 Å². The lowest BCUT2D eigenvalue weighted by Gasteiger charge is -2.37. The first-order valence-electron chi connectivity index (χ1n) is 6.42. The smallest absolute Gasteiger partial charge is 0.00747 e. The number of nitrogens with one attached hydrogen (secondary N) is 1. The molecule has 0 aromatic heterocycles. The van der Waals surface area contributed by atoms with E-state index in [4.69, 9.17) is 0 Å². The topological polar surface area (TPSA) is 12.0 Å². The molecule has 0 amide bonds. The van der Waals surface area contributed by atoms with Gasteiger partial charge in [-0.2, -0.15) is 0 Å². The van der Waals surface area contributed by atoms with Crippen molar-refractivity contribution in [1.29, 1.82) is 0 Å². The van der Waals surface area contributed by atoms with Crippen molar-refractivity contribution in [2.45, 2.75) is 77.3 Å². The highest BCUT2D eigenvalue weighted by molar-refractivity contribution is 4.86. The lowest BCUT2D eigenvalue weighted by molar-refractivity contribution is 0.189. The Hall–Kier alpha value is -0.0400. The summed E-state index contributed by atoms with van der Waals surface area (Å²) in [7, 11) is 0. The fourth-order valence-electron chi connectivity index (χ4n) is 3.27. The molecule has 0 spiro atoms. The Balaban J connectivity index is 1.79. The van der Waals surface area contributed by atoms with Crippen molar-refractivity contribution in [2.24, 2.45) is 5.41 Å². The molecular weight excluding hydrogens is 170 g/mol. The van der Waals surface area contributed by atoms with Gasteiger partial charge in [0.2, 0.25) is 0 Å². The predicted octanol–water partition coefficient (Wildman–Crippen LogP) is 3.49. The molecule has 2 fully saturated rings. The van der Waals surface area contributed by atoms with E-state index in [-0.39, 0.29) is 0 Å². The molecule has 82 valence electrons. The normalized spacial score (nSPS) is 33.4. The molecule has 1 N–H and O–H groups in total. The van der Waals surface area contributed by atoms with Crippen LogP contribution in [0.25, 0.3) is 0 Å². The molecule has 2 aliphatic carbocycles. The molecule has 0 unspecified atom stereocenters. The van der Waals surface area contributed by atoms with Crippen molar-refractivity contribution in [3.05, 3.63) is 0 Å². The molecule has 0 aromatic carbocycles. The summed E-state index contributed by atoms with van der Waals surface area (Å²) in [4.78, 5) is 0. The highest BCUT2D eigenvalue weighted by Gasteiger charge is 2.29. The third-order valence-corrected chi connectivity index (χ3v) is 4.03. The van der Waals surface area contributed by atoms with Crippen LogP contribution in [0.4, 0.5) is 0 Å². The lowest BCUT2D eigenvalue weighted by Crippen LogP contribution is -2.41. The van der Waals surface area contributed by atoms with Gasteiger partial charge in [-0.1, -0.05) is 33.1 Å². The SMILES string of the molecule is CC1(C)CCC[C@H](NC2CCCC2)C1. The van der Waals surface area contributed by atoms with Crippen molar-refractivity contribution >= 4 is 0 Å². The summed E-state index contributed by atoms with van der Waals surface area (Å²) < 4.78 is 0. The van der Waals surface area contributed by atoms with Crippen LogP contribution >= 0.6 is 0 Å². The molecular formula is C13H25N. The minimum Gasteiger partial charge on any atom is -0.311 e. The molecule has 1 heteroatoms. The first-order chi connectivity index (χ1) is 6.66. The monoisotopic (exact) mass is 195 g/mol. The zero-order valence-electron chi connectivity index (χ0n) is 9.81. The van der Waals surface area contributed by atoms with Crippen LogP contribution in [0.15, 0.2) is 0 Å². The molecule has 0 aliphatic heterocycles. The van der Waals surface area contributed by atoms with Crippen LogP contribution in [-0.4, -0.2) is 12.1 Å². The molecule has 14 heavy (non-hydrogen) atoms. The zero-order valence-corrected chi connectivity index (χ0v) is 9.81. The molecule has 2 aliphatic rings. The van der Waals surface area contributed by atoms with E-state index in [9.17, 15) is 0 Å². The van der Waals surface area contributed by atoms with Gasteiger partial charge in [0.05, 0.1) is 0 Å². The molecule has 1 atom stereocenters. The van der Waals surface area contributed by atoms with E-state index in [1.807, 2.05) is 0 Å². The van der Waals surface area contributed by atoms with Gasteiger partial charge in [-0.3, -0.25) is 0 Å². The molecule has 2 saturated carbocycles. The summed E-state index contributed by atoms with van der Waals surface area (Å²) >= 11 is 0. The van der Waals surface area contributed by atoms with Crippen LogP contribution < -0.4 is 5.32 Å². The maximum atomic E-state index is 3.87. The van der Waals surface area contributed by atoms with Crippen LogP contribution in [0, 0.1) is 5.41 Å². The number of hydrogen-bond donors (Lipinski definition) is 1. The van der Waals surface area contributed by atoms with Crippen molar-refractivity contribution in [2.75, 3.05) is 0 Å². The van der Waals surface area contributed by atoms with Gasteiger partial charge in [-0.05, 0) is 37.5 Å². The van der Waals surface area contributed by atoms with Crippen molar-refractivity contribution in [1.82, 2.24) is 5.32 Å². The fraction of sp³-hybridized carbons (Fsp3) is 1.00. The molecule has 0 aromatic rings. The van der Waals surface area contributed by atoms with E-state index < -0.39 is 0 Å². The van der Waals surface area contributed by atoms with Crippen LogP contribution in [0.3, 0.4) is 0 Å². The summed E-state index contributed by atoms with van der Waals surface area (Å²) in [6, 6.07) is 1.68. The largest absolute Gasteiger partial charge is 0.311 e. The van der Waals surface area contributed by atoms with E-state index in [0.29, 0.717) is 5.41 Å². The average Bonchev–Trinajstić information content (AvgIpc) is 2.54. The average molecular weight is 195 g/mol. The maximum Gasteiger partial charge on any atom is 0.00747 e. The standard InChI is InChI=1S/C13H25N/c1-13(2)9-5-8-12(10-13)14-11-6-3-4-7-11/h11-12,14H,3-10H2,1-2H3/t12-/m0/s1. The van der Waals surface area contributed by atoms with Crippen LogP contribution in [-0.2, 0) is 0 Å². The molecule has 0 bridgehead atoms. The third-order valence-electron chi connectivity index (χ3n) is 4.03. The van der Waals surface area contributed by atoms with Crippen LogP contribution in [0.2, 0.25) is 0 Å². The lowest BCUT2D eigenvalue weighted by atomic mass is 9.75. The van der Waals surface area contributed by atoms with Gasteiger partial charge in [-0.25, -0.2) is 0 Å². The summed E-state index contributed by atoms with van der Waals surface area (Å²) in [6.07, 6.45) is 11.4. The second-order valence-corrected chi connectivity index (χ2v) is 6.11. The van der Waals surface area contributed by atoms with Crippen molar-refractivity contribution < 1.29 is 0 Å². The Labute approximate surface area is 88.7 Å². The summed E-state index contributed by atoms with van der Waals surface area (Å²) in [5.41, 5.74) is 0.592. The second-order valence-electron chi connectivity index (χ2n) is 6.11. The molecule has 0 radical (unpaired) electrons. The minimum atomic E-state index is 0.592. The quantitative estimate of drug-likeness (QED) is 0.711.